The van der Waals surface area contributed by atoms with E-state index in [0.717, 1.165) is 0 Å². The molecule has 1 amide bonds. The number of amides is 1. The fourth-order valence-electron chi connectivity index (χ4n) is 1.39. The lowest BCUT2D eigenvalue weighted by molar-refractivity contribution is -0.117. The zero-order valence-corrected chi connectivity index (χ0v) is 9.03. The first-order chi connectivity index (χ1) is 7.70. The van der Waals surface area contributed by atoms with Gasteiger partial charge < -0.3 is 20.5 Å². The average Bonchev–Trinajstić information content (AvgIpc) is 2.75. The van der Waals surface area contributed by atoms with Gasteiger partial charge in [-0.2, -0.15) is 0 Å². The standard InChI is InChI=1S/C11H14N2O3/c1-2-8(12)11(14)13-7-3-4-9-10(5-7)16-6-15-9/h3-5,8H,2,6,12H2,1H3,(H,13,14)/t8-/m1/s1. The van der Waals surface area contributed by atoms with Crippen LogP contribution < -0.4 is 20.5 Å². The highest BCUT2D eigenvalue weighted by Gasteiger charge is 2.15. The number of rotatable bonds is 3. The molecule has 1 aliphatic rings. The second-order valence-corrected chi connectivity index (χ2v) is 3.57. The Morgan fingerprint density at radius 3 is 3.00 bits per heavy atom. The normalized spacial score (nSPS) is 14.6. The molecular formula is C11H14N2O3. The Labute approximate surface area is 93.5 Å². The fraction of sp³-hybridized carbons (Fsp3) is 0.364. The van der Waals surface area contributed by atoms with Gasteiger partial charge in [-0.25, -0.2) is 0 Å². The lowest BCUT2D eigenvalue weighted by Crippen LogP contribution is -2.34. The second kappa shape index (κ2) is 4.40. The van der Waals surface area contributed by atoms with Crippen LogP contribution in [0, 0.1) is 0 Å². The summed E-state index contributed by atoms with van der Waals surface area (Å²) in [6.45, 7) is 2.09. The zero-order chi connectivity index (χ0) is 11.5. The summed E-state index contributed by atoms with van der Waals surface area (Å²) in [4.78, 5) is 11.5. The summed E-state index contributed by atoms with van der Waals surface area (Å²) in [6, 6.07) is 4.76. The van der Waals surface area contributed by atoms with Crippen molar-refractivity contribution in [3.63, 3.8) is 0 Å². The Bertz CT molecular complexity index is 406. The van der Waals surface area contributed by atoms with Gasteiger partial charge in [-0.1, -0.05) is 6.92 Å². The first-order valence-electron chi connectivity index (χ1n) is 5.17. The molecule has 1 heterocycles. The minimum Gasteiger partial charge on any atom is -0.454 e. The zero-order valence-electron chi connectivity index (χ0n) is 9.03. The molecule has 1 aliphatic heterocycles. The molecule has 86 valence electrons. The van der Waals surface area contributed by atoms with Crippen molar-refractivity contribution in [3.8, 4) is 11.5 Å². The molecule has 5 nitrogen and oxygen atoms in total. The fourth-order valence-corrected chi connectivity index (χ4v) is 1.39. The molecule has 0 saturated carbocycles. The van der Waals surface area contributed by atoms with Crippen molar-refractivity contribution in [2.75, 3.05) is 12.1 Å². The first kappa shape index (κ1) is 10.8. The third-order valence-corrected chi connectivity index (χ3v) is 2.42. The van der Waals surface area contributed by atoms with E-state index in [9.17, 15) is 4.79 Å². The molecule has 2 rings (SSSR count). The number of anilines is 1. The number of hydrogen-bond acceptors (Lipinski definition) is 4. The lowest BCUT2D eigenvalue weighted by atomic mass is 10.2. The number of carbonyl (C=O) groups excluding carboxylic acids is 1. The molecular weight excluding hydrogens is 208 g/mol. The van der Waals surface area contributed by atoms with Gasteiger partial charge in [0.05, 0.1) is 6.04 Å². The van der Waals surface area contributed by atoms with E-state index in [0.29, 0.717) is 23.6 Å². The van der Waals surface area contributed by atoms with Crippen molar-refractivity contribution in [3.05, 3.63) is 18.2 Å². The molecule has 5 heteroatoms. The van der Waals surface area contributed by atoms with Crippen molar-refractivity contribution in [1.29, 1.82) is 0 Å². The van der Waals surface area contributed by atoms with E-state index in [1.54, 1.807) is 18.2 Å². The van der Waals surface area contributed by atoms with Crippen molar-refractivity contribution < 1.29 is 14.3 Å². The van der Waals surface area contributed by atoms with Crippen LogP contribution in [0.3, 0.4) is 0 Å². The molecule has 0 aromatic heterocycles. The average molecular weight is 222 g/mol. The summed E-state index contributed by atoms with van der Waals surface area (Å²) < 4.78 is 10.4. The van der Waals surface area contributed by atoms with Crippen LogP contribution in [-0.2, 0) is 4.79 Å². The van der Waals surface area contributed by atoms with Crippen molar-refractivity contribution >= 4 is 11.6 Å². The number of nitrogens with two attached hydrogens (primary N) is 1. The minimum atomic E-state index is -0.481. The van der Waals surface area contributed by atoms with Gasteiger partial charge in [-0.3, -0.25) is 4.79 Å². The van der Waals surface area contributed by atoms with Gasteiger partial charge in [0.15, 0.2) is 11.5 Å². The van der Waals surface area contributed by atoms with Crippen LogP contribution in [0.4, 0.5) is 5.69 Å². The highest BCUT2D eigenvalue weighted by atomic mass is 16.7. The van der Waals surface area contributed by atoms with Gasteiger partial charge in [-0.05, 0) is 18.6 Å². The number of ether oxygens (including phenoxy) is 2. The number of benzene rings is 1. The minimum absolute atomic E-state index is 0.193. The van der Waals surface area contributed by atoms with E-state index in [1.807, 2.05) is 6.92 Å². The van der Waals surface area contributed by atoms with E-state index in [-0.39, 0.29) is 12.7 Å². The van der Waals surface area contributed by atoms with Gasteiger partial charge in [0.1, 0.15) is 0 Å². The van der Waals surface area contributed by atoms with Gasteiger partial charge >= 0.3 is 0 Å². The van der Waals surface area contributed by atoms with E-state index in [4.69, 9.17) is 15.2 Å². The predicted molar refractivity (Wildman–Crippen MR) is 59.5 cm³/mol. The molecule has 0 aliphatic carbocycles. The van der Waals surface area contributed by atoms with E-state index >= 15 is 0 Å². The Morgan fingerprint density at radius 1 is 1.50 bits per heavy atom. The van der Waals surface area contributed by atoms with Crippen LogP contribution in [0.1, 0.15) is 13.3 Å². The van der Waals surface area contributed by atoms with Crippen molar-refractivity contribution in [2.45, 2.75) is 19.4 Å². The van der Waals surface area contributed by atoms with Crippen LogP contribution in [-0.4, -0.2) is 18.7 Å². The van der Waals surface area contributed by atoms with Gasteiger partial charge in [-0.15, -0.1) is 0 Å². The largest absolute Gasteiger partial charge is 0.454 e. The van der Waals surface area contributed by atoms with E-state index < -0.39 is 6.04 Å². The van der Waals surface area contributed by atoms with Crippen LogP contribution in [0.2, 0.25) is 0 Å². The van der Waals surface area contributed by atoms with E-state index in [2.05, 4.69) is 5.32 Å². The summed E-state index contributed by atoms with van der Waals surface area (Å²) >= 11 is 0. The summed E-state index contributed by atoms with van der Waals surface area (Å²) in [5.74, 6) is 1.14. The summed E-state index contributed by atoms with van der Waals surface area (Å²) in [6.07, 6.45) is 0.608. The molecule has 1 aromatic rings. The third kappa shape index (κ3) is 2.09. The topological polar surface area (TPSA) is 73.6 Å². The van der Waals surface area contributed by atoms with Crippen LogP contribution in [0.15, 0.2) is 18.2 Å². The Kier molecular flexibility index (Phi) is 2.96. The summed E-state index contributed by atoms with van der Waals surface area (Å²) in [5.41, 5.74) is 6.27. The monoisotopic (exact) mass is 222 g/mol. The number of carbonyl (C=O) groups is 1. The smallest absolute Gasteiger partial charge is 0.241 e. The second-order valence-electron chi connectivity index (χ2n) is 3.57. The SMILES string of the molecule is CC[C@@H](N)C(=O)Nc1ccc2c(c1)OCO2. The molecule has 0 fully saturated rings. The lowest BCUT2D eigenvalue weighted by Gasteiger charge is -2.10. The maximum atomic E-state index is 11.5. The number of fused-ring (bicyclic) bond motifs is 1. The predicted octanol–water partition coefficient (Wildman–Crippen LogP) is 1.09. The molecule has 1 aromatic carbocycles. The van der Waals surface area contributed by atoms with E-state index in [1.165, 1.54) is 0 Å². The molecule has 0 radical (unpaired) electrons. The summed E-state index contributed by atoms with van der Waals surface area (Å²) in [7, 11) is 0. The maximum absolute atomic E-state index is 11.5. The van der Waals surface area contributed by atoms with Crippen LogP contribution in [0.5, 0.6) is 11.5 Å². The van der Waals surface area contributed by atoms with Crippen LogP contribution in [0.25, 0.3) is 0 Å². The molecule has 0 spiro atoms. The van der Waals surface area contributed by atoms with Crippen molar-refractivity contribution in [2.24, 2.45) is 5.73 Å². The first-order valence-corrected chi connectivity index (χ1v) is 5.17. The number of nitrogens with one attached hydrogen (secondary N) is 1. The number of hydrogen-bond donors (Lipinski definition) is 2. The van der Waals surface area contributed by atoms with Crippen LogP contribution >= 0.6 is 0 Å². The van der Waals surface area contributed by atoms with Gasteiger partial charge in [0, 0.05) is 11.8 Å². The quantitative estimate of drug-likeness (QED) is 0.802. The Hall–Kier alpha value is -1.75. The Balaban J connectivity index is 2.08. The Morgan fingerprint density at radius 2 is 2.25 bits per heavy atom. The maximum Gasteiger partial charge on any atom is 0.241 e. The highest BCUT2D eigenvalue weighted by molar-refractivity contribution is 5.94. The summed E-state index contributed by atoms with van der Waals surface area (Å²) in [5, 5.41) is 2.72. The van der Waals surface area contributed by atoms with Gasteiger partial charge in [0.2, 0.25) is 12.7 Å². The molecule has 0 unspecified atom stereocenters. The molecule has 1 atom stereocenters. The molecule has 3 N–H and O–H groups in total. The van der Waals surface area contributed by atoms with Crippen molar-refractivity contribution in [1.82, 2.24) is 0 Å². The molecule has 0 saturated heterocycles. The highest BCUT2D eigenvalue weighted by Crippen LogP contribution is 2.34. The van der Waals surface area contributed by atoms with Gasteiger partial charge in [0.25, 0.3) is 0 Å². The molecule has 0 bridgehead atoms. The molecule has 16 heavy (non-hydrogen) atoms. The third-order valence-electron chi connectivity index (χ3n) is 2.42.